The van der Waals surface area contributed by atoms with Crippen LogP contribution < -0.4 is 0 Å². The predicted molar refractivity (Wildman–Crippen MR) is 91.2 cm³/mol. The summed E-state index contributed by atoms with van der Waals surface area (Å²) in [6.07, 6.45) is 5.90. The lowest BCUT2D eigenvalue weighted by molar-refractivity contribution is 0.155. The first kappa shape index (κ1) is 16.2. The lowest BCUT2D eigenvalue weighted by Crippen LogP contribution is -2.33. The van der Waals surface area contributed by atoms with E-state index in [1.807, 2.05) is 6.92 Å². The van der Waals surface area contributed by atoms with Gasteiger partial charge in [0.05, 0.1) is 6.54 Å². The number of hydrogen-bond donors (Lipinski definition) is 0. The molecule has 4 nitrogen and oxygen atoms in total. The lowest BCUT2D eigenvalue weighted by Gasteiger charge is -2.30. The summed E-state index contributed by atoms with van der Waals surface area (Å²) in [7, 11) is 0. The van der Waals surface area contributed by atoms with Crippen molar-refractivity contribution in [1.82, 2.24) is 15.0 Å². The Morgan fingerprint density at radius 2 is 1.91 bits per heavy atom. The SMILES string of the molecule is CCc1noc(CN2CCC(CCc3ccc(C)cc3)CC2)n1. The second-order valence-electron chi connectivity index (χ2n) is 6.70. The molecule has 1 fully saturated rings. The summed E-state index contributed by atoms with van der Waals surface area (Å²) in [6.45, 7) is 7.28. The molecule has 0 aliphatic carbocycles. The number of nitrogens with zero attached hydrogens (tertiary/aromatic N) is 3. The fourth-order valence-corrected chi connectivity index (χ4v) is 3.25. The van der Waals surface area contributed by atoms with Crippen LogP contribution >= 0.6 is 0 Å². The molecule has 3 rings (SSSR count). The minimum Gasteiger partial charge on any atom is -0.338 e. The van der Waals surface area contributed by atoms with Crippen LogP contribution in [0.4, 0.5) is 0 Å². The monoisotopic (exact) mass is 313 g/mol. The fraction of sp³-hybridized carbons (Fsp3) is 0.579. The molecule has 124 valence electrons. The van der Waals surface area contributed by atoms with E-state index in [2.05, 4.69) is 46.2 Å². The number of rotatable bonds is 6. The summed E-state index contributed by atoms with van der Waals surface area (Å²) in [5, 5.41) is 3.97. The molecule has 23 heavy (non-hydrogen) atoms. The van der Waals surface area contributed by atoms with Crippen LogP contribution in [0.1, 0.15) is 49.0 Å². The number of benzene rings is 1. The van der Waals surface area contributed by atoms with Crippen molar-refractivity contribution >= 4 is 0 Å². The predicted octanol–water partition coefficient (Wildman–Crippen LogP) is 3.79. The second-order valence-corrected chi connectivity index (χ2v) is 6.70. The summed E-state index contributed by atoms with van der Waals surface area (Å²) < 4.78 is 5.30. The molecular weight excluding hydrogens is 286 g/mol. The van der Waals surface area contributed by atoms with Gasteiger partial charge in [-0.2, -0.15) is 4.98 Å². The molecule has 0 amide bonds. The summed E-state index contributed by atoms with van der Waals surface area (Å²) in [6, 6.07) is 8.97. The molecule has 0 saturated carbocycles. The van der Waals surface area contributed by atoms with E-state index in [4.69, 9.17) is 4.52 Å². The number of aryl methyl sites for hydroxylation is 3. The van der Waals surface area contributed by atoms with E-state index in [1.54, 1.807) is 0 Å². The molecule has 0 bridgehead atoms. The van der Waals surface area contributed by atoms with Gasteiger partial charge < -0.3 is 4.52 Å². The molecule has 0 radical (unpaired) electrons. The molecule has 1 aliphatic heterocycles. The van der Waals surface area contributed by atoms with Crippen molar-refractivity contribution in [3.63, 3.8) is 0 Å². The first-order chi connectivity index (χ1) is 11.2. The number of hydrogen-bond acceptors (Lipinski definition) is 4. The van der Waals surface area contributed by atoms with E-state index < -0.39 is 0 Å². The molecule has 2 heterocycles. The second kappa shape index (κ2) is 7.73. The molecule has 2 aromatic rings. The third-order valence-electron chi connectivity index (χ3n) is 4.85. The Morgan fingerprint density at radius 1 is 1.17 bits per heavy atom. The van der Waals surface area contributed by atoms with Crippen molar-refractivity contribution in [3.05, 3.63) is 47.1 Å². The van der Waals surface area contributed by atoms with Gasteiger partial charge in [-0.15, -0.1) is 0 Å². The average Bonchev–Trinajstić information content (AvgIpc) is 3.03. The van der Waals surface area contributed by atoms with Gasteiger partial charge in [0.15, 0.2) is 5.82 Å². The fourth-order valence-electron chi connectivity index (χ4n) is 3.25. The zero-order valence-electron chi connectivity index (χ0n) is 14.3. The molecule has 0 atom stereocenters. The Bertz CT molecular complexity index is 597. The van der Waals surface area contributed by atoms with Gasteiger partial charge in [-0.1, -0.05) is 41.9 Å². The van der Waals surface area contributed by atoms with Crippen LogP contribution in [0.2, 0.25) is 0 Å². The van der Waals surface area contributed by atoms with Gasteiger partial charge in [-0.25, -0.2) is 0 Å². The Kier molecular flexibility index (Phi) is 5.44. The van der Waals surface area contributed by atoms with Crippen LogP contribution in [0.25, 0.3) is 0 Å². The highest BCUT2D eigenvalue weighted by atomic mass is 16.5. The van der Waals surface area contributed by atoms with Crippen LogP contribution in [-0.4, -0.2) is 28.1 Å². The van der Waals surface area contributed by atoms with Crippen molar-refractivity contribution < 1.29 is 4.52 Å². The Labute approximate surface area is 138 Å². The normalized spacial score (nSPS) is 16.8. The third-order valence-corrected chi connectivity index (χ3v) is 4.85. The van der Waals surface area contributed by atoms with Gasteiger partial charge in [-0.05, 0) is 57.2 Å². The highest BCUT2D eigenvalue weighted by Crippen LogP contribution is 2.23. The highest BCUT2D eigenvalue weighted by molar-refractivity contribution is 5.21. The van der Waals surface area contributed by atoms with E-state index in [0.717, 1.165) is 43.7 Å². The van der Waals surface area contributed by atoms with E-state index >= 15 is 0 Å². The van der Waals surface area contributed by atoms with Crippen molar-refractivity contribution in [3.8, 4) is 0 Å². The van der Waals surface area contributed by atoms with Crippen LogP contribution in [0.15, 0.2) is 28.8 Å². The molecule has 0 unspecified atom stereocenters. The van der Waals surface area contributed by atoms with E-state index in [9.17, 15) is 0 Å². The van der Waals surface area contributed by atoms with Crippen LogP contribution in [-0.2, 0) is 19.4 Å². The maximum atomic E-state index is 5.30. The zero-order chi connectivity index (χ0) is 16.1. The van der Waals surface area contributed by atoms with Crippen molar-refractivity contribution in [2.45, 2.75) is 52.5 Å². The summed E-state index contributed by atoms with van der Waals surface area (Å²) in [4.78, 5) is 6.85. The van der Waals surface area contributed by atoms with Crippen LogP contribution in [0.3, 0.4) is 0 Å². The minimum atomic E-state index is 0.764. The number of aromatic nitrogens is 2. The summed E-state index contributed by atoms with van der Waals surface area (Å²) in [5.41, 5.74) is 2.81. The molecular formula is C19H27N3O. The van der Waals surface area contributed by atoms with Crippen LogP contribution in [0.5, 0.6) is 0 Å². The van der Waals surface area contributed by atoms with E-state index in [0.29, 0.717) is 0 Å². The number of piperidine rings is 1. The average molecular weight is 313 g/mol. The van der Waals surface area contributed by atoms with Crippen molar-refractivity contribution in [2.75, 3.05) is 13.1 Å². The molecule has 4 heteroatoms. The minimum absolute atomic E-state index is 0.764. The first-order valence-corrected chi connectivity index (χ1v) is 8.82. The Morgan fingerprint density at radius 3 is 2.57 bits per heavy atom. The van der Waals surface area contributed by atoms with Gasteiger partial charge in [0, 0.05) is 6.42 Å². The molecule has 1 aliphatic rings. The zero-order valence-corrected chi connectivity index (χ0v) is 14.3. The summed E-state index contributed by atoms with van der Waals surface area (Å²) in [5.74, 6) is 2.43. The Hall–Kier alpha value is -1.68. The number of likely N-dealkylation sites (tertiary alicyclic amines) is 1. The highest BCUT2D eigenvalue weighted by Gasteiger charge is 2.20. The molecule has 0 N–H and O–H groups in total. The largest absolute Gasteiger partial charge is 0.338 e. The molecule has 1 saturated heterocycles. The maximum absolute atomic E-state index is 5.30. The van der Waals surface area contributed by atoms with Crippen molar-refractivity contribution in [1.29, 1.82) is 0 Å². The van der Waals surface area contributed by atoms with Crippen molar-refractivity contribution in [2.24, 2.45) is 5.92 Å². The summed E-state index contributed by atoms with van der Waals surface area (Å²) >= 11 is 0. The van der Waals surface area contributed by atoms with Crippen LogP contribution in [0, 0.1) is 12.8 Å². The Balaban J connectivity index is 1.40. The van der Waals surface area contributed by atoms with E-state index in [1.165, 1.54) is 36.8 Å². The van der Waals surface area contributed by atoms with E-state index in [-0.39, 0.29) is 0 Å². The van der Waals surface area contributed by atoms with Gasteiger partial charge in [0.2, 0.25) is 5.89 Å². The molecule has 1 aromatic carbocycles. The first-order valence-electron chi connectivity index (χ1n) is 8.82. The van der Waals surface area contributed by atoms with Gasteiger partial charge in [-0.3, -0.25) is 4.90 Å². The topological polar surface area (TPSA) is 42.2 Å². The van der Waals surface area contributed by atoms with Gasteiger partial charge in [0.25, 0.3) is 0 Å². The quantitative estimate of drug-likeness (QED) is 0.814. The standard InChI is InChI=1S/C19H27N3O/c1-3-18-20-19(23-21-18)14-22-12-10-17(11-13-22)9-8-16-6-4-15(2)5-7-16/h4-7,17H,3,8-14H2,1-2H3. The maximum Gasteiger partial charge on any atom is 0.240 e. The lowest BCUT2D eigenvalue weighted by atomic mass is 9.90. The van der Waals surface area contributed by atoms with Gasteiger partial charge >= 0.3 is 0 Å². The molecule has 0 spiro atoms. The van der Waals surface area contributed by atoms with Gasteiger partial charge in [0.1, 0.15) is 0 Å². The molecule has 1 aromatic heterocycles. The third kappa shape index (κ3) is 4.64. The smallest absolute Gasteiger partial charge is 0.240 e.